The zero-order valence-corrected chi connectivity index (χ0v) is 24.7. The first-order valence-electron chi connectivity index (χ1n) is 16.1. The molecule has 1 amide bonds. The van der Waals surface area contributed by atoms with E-state index in [0.717, 1.165) is 32.1 Å². The van der Waals surface area contributed by atoms with Gasteiger partial charge >= 0.3 is 0 Å². The van der Waals surface area contributed by atoms with Crippen molar-refractivity contribution in [2.75, 3.05) is 6.61 Å². The van der Waals surface area contributed by atoms with Crippen molar-refractivity contribution < 1.29 is 15.0 Å². The standard InChI is InChI=1S/C33H63NO3/c1-3-5-7-9-11-13-15-17-18-20-22-24-26-28-32(36)31(30-35)34-33(37)29-27-25-23-21-19-16-14-12-10-8-6-4-2/h18,20,26,28,31-32,35-36H,3-17,19,21-25,27,29-30H2,1-2H3,(H,34,37)/b20-18+,28-26+. The van der Waals surface area contributed by atoms with Crippen LogP contribution in [-0.2, 0) is 4.79 Å². The first-order chi connectivity index (χ1) is 18.2. The van der Waals surface area contributed by atoms with Gasteiger partial charge in [0.2, 0.25) is 5.91 Å². The lowest BCUT2D eigenvalue weighted by Crippen LogP contribution is -2.45. The van der Waals surface area contributed by atoms with Crippen LogP contribution in [-0.4, -0.2) is 34.9 Å². The van der Waals surface area contributed by atoms with Gasteiger partial charge in [0.25, 0.3) is 0 Å². The molecule has 0 bridgehead atoms. The predicted molar refractivity (Wildman–Crippen MR) is 161 cm³/mol. The molecule has 0 aliphatic rings. The van der Waals surface area contributed by atoms with Crippen molar-refractivity contribution in [2.45, 2.75) is 174 Å². The average Bonchev–Trinajstić information content (AvgIpc) is 2.90. The van der Waals surface area contributed by atoms with Gasteiger partial charge in [-0.2, -0.15) is 0 Å². The number of carbonyl (C=O) groups is 1. The molecule has 2 unspecified atom stereocenters. The molecule has 0 heterocycles. The molecule has 37 heavy (non-hydrogen) atoms. The van der Waals surface area contributed by atoms with Crippen LogP contribution in [0.1, 0.15) is 162 Å². The van der Waals surface area contributed by atoms with Gasteiger partial charge in [0.05, 0.1) is 18.8 Å². The molecule has 0 aromatic carbocycles. The number of amides is 1. The van der Waals surface area contributed by atoms with E-state index in [1.54, 1.807) is 6.08 Å². The molecular weight excluding hydrogens is 458 g/mol. The second-order valence-electron chi connectivity index (χ2n) is 10.9. The number of nitrogens with one attached hydrogen (secondary N) is 1. The molecule has 0 saturated heterocycles. The minimum atomic E-state index is -0.854. The van der Waals surface area contributed by atoms with Crippen LogP contribution in [0.4, 0.5) is 0 Å². The molecule has 0 saturated carbocycles. The Balaban J connectivity index is 3.72. The Hall–Kier alpha value is -1.13. The lowest BCUT2D eigenvalue weighted by Gasteiger charge is -2.19. The van der Waals surface area contributed by atoms with Crippen molar-refractivity contribution in [1.82, 2.24) is 5.32 Å². The number of carbonyl (C=O) groups excluding carboxylic acids is 1. The Morgan fingerprint density at radius 2 is 1.05 bits per heavy atom. The summed E-state index contributed by atoms with van der Waals surface area (Å²) in [6.45, 7) is 4.26. The summed E-state index contributed by atoms with van der Waals surface area (Å²) in [5.74, 6) is -0.0770. The van der Waals surface area contributed by atoms with Crippen molar-refractivity contribution in [3.05, 3.63) is 24.3 Å². The van der Waals surface area contributed by atoms with Gasteiger partial charge in [-0.25, -0.2) is 0 Å². The average molecular weight is 522 g/mol. The maximum absolute atomic E-state index is 12.2. The monoisotopic (exact) mass is 521 g/mol. The van der Waals surface area contributed by atoms with E-state index in [0.29, 0.717) is 6.42 Å². The minimum absolute atomic E-state index is 0.0770. The summed E-state index contributed by atoms with van der Waals surface area (Å²) in [4.78, 5) is 12.2. The fourth-order valence-electron chi connectivity index (χ4n) is 4.66. The number of aliphatic hydroxyl groups is 2. The van der Waals surface area contributed by atoms with E-state index in [4.69, 9.17) is 0 Å². The lowest BCUT2D eigenvalue weighted by atomic mass is 10.0. The maximum atomic E-state index is 12.2. The van der Waals surface area contributed by atoms with Crippen LogP contribution < -0.4 is 5.32 Å². The third-order valence-electron chi connectivity index (χ3n) is 7.19. The lowest BCUT2D eigenvalue weighted by molar-refractivity contribution is -0.123. The fourth-order valence-corrected chi connectivity index (χ4v) is 4.66. The van der Waals surface area contributed by atoms with Crippen molar-refractivity contribution in [1.29, 1.82) is 0 Å². The van der Waals surface area contributed by atoms with Gasteiger partial charge in [-0.15, -0.1) is 0 Å². The molecule has 0 fully saturated rings. The van der Waals surface area contributed by atoms with Gasteiger partial charge in [0, 0.05) is 6.42 Å². The maximum Gasteiger partial charge on any atom is 0.220 e. The Labute approximate surface area is 230 Å². The number of hydrogen-bond donors (Lipinski definition) is 3. The highest BCUT2D eigenvalue weighted by Gasteiger charge is 2.17. The number of aliphatic hydroxyl groups excluding tert-OH is 2. The smallest absolute Gasteiger partial charge is 0.220 e. The molecule has 4 nitrogen and oxygen atoms in total. The molecule has 4 heteroatoms. The van der Waals surface area contributed by atoms with Gasteiger partial charge in [0.15, 0.2) is 0 Å². The highest BCUT2D eigenvalue weighted by atomic mass is 16.3. The number of rotatable bonds is 28. The molecule has 218 valence electrons. The van der Waals surface area contributed by atoms with E-state index < -0.39 is 12.1 Å². The first-order valence-corrected chi connectivity index (χ1v) is 16.1. The second kappa shape index (κ2) is 29.4. The van der Waals surface area contributed by atoms with Gasteiger partial charge in [-0.3, -0.25) is 4.79 Å². The SMILES string of the molecule is CCCCCCCCC/C=C/CC/C=C/C(O)C(CO)NC(=O)CCCCCCCCCCCCCC. The summed E-state index contributed by atoms with van der Waals surface area (Å²) < 4.78 is 0. The molecule has 0 aliphatic heterocycles. The van der Waals surface area contributed by atoms with E-state index in [9.17, 15) is 15.0 Å². The fraction of sp³-hybridized carbons (Fsp3) is 0.848. The van der Waals surface area contributed by atoms with Crippen LogP contribution in [0.15, 0.2) is 24.3 Å². The highest BCUT2D eigenvalue weighted by molar-refractivity contribution is 5.76. The molecule has 0 aromatic heterocycles. The van der Waals surface area contributed by atoms with Crippen LogP contribution in [0.2, 0.25) is 0 Å². The van der Waals surface area contributed by atoms with E-state index >= 15 is 0 Å². The Kier molecular flexibility index (Phi) is 28.5. The molecular formula is C33H63NO3. The summed E-state index contributed by atoms with van der Waals surface area (Å²) >= 11 is 0. The number of unbranched alkanes of at least 4 members (excludes halogenated alkanes) is 19. The van der Waals surface area contributed by atoms with Crippen LogP contribution in [0.3, 0.4) is 0 Å². The van der Waals surface area contributed by atoms with Crippen LogP contribution in [0, 0.1) is 0 Å². The Bertz CT molecular complexity index is 532. The van der Waals surface area contributed by atoms with Crippen LogP contribution in [0.5, 0.6) is 0 Å². The summed E-state index contributed by atoms with van der Waals surface area (Å²) in [5.41, 5.74) is 0. The molecule has 0 aliphatic carbocycles. The molecule has 0 radical (unpaired) electrons. The molecule has 0 rings (SSSR count). The number of allylic oxidation sites excluding steroid dienone is 3. The van der Waals surface area contributed by atoms with Crippen molar-refractivity contribution in [3.63, 3.8) is 0 Å². The van der Waals surface area contributed by atoms with E-state index in [-0.39, 0.29) is 12.5 Å². The van der Waals surface area contributed by atoms with Crippen LogP contribution >= 0.6 is 0 Å². The van der Waals surface area contributed by atoms with Gasteiger partial charge in [-0.1, -0.05) is 147 Å². The summed E-state index contributed by atoms with van der Waals surface area (Å²) in [7, 11) is 0. The zero-order valence-electron chi connectivity index (χ0n) is 24.7. The number of hydrogen-bond acceptors (Lipinski definition) is 3. The van der Waals surface area contributed by atoms with Crippen LogP contribution in [0.25, 0.3) is 0 Å². The molecule has 0 spiro atoms. The van der Waals surface area contributed by atoms with Gasteiger partial charge < -0.3 is 15.5 Å². The summed E-state index contributed by atoms with van der Waals surface area (Å²) in [5, 5.41) is 22.7. The first kappa shape index (κ1) is 35.9. The summed E-state index contributed by atoms with van der Waals surface area (Å²) in [6, 6.07) is -0.631. The normalized spacial score (nSPS) is 13.5. The topological polar surface area (TPSA) is 69.6 Å². The van der Waals surface area contributed by atoms with Crippen molar-refractivity contribution >= 4 is 5.91 Å². The van der Waals surface area contributed by atoms with Gasteiger partial charge in [-0.05, 0) is 32.1 Å². The quantitative estimate of drug-likeness (QED) is 0.0711. The van der Waals surface area contributed by atoms with E-state index in [1.807, 2.05) is 6.08 Å². The third kappa shape index (κ3) is 26.3. The Morgan fingerprint density at radius 3 is 1.57 bits per heavy atom. The summed E-state index contributed by atoms with van der Waals surface area (Å²) in [6.07, 6.45) is 35.3. The largest absolute Gasteiger partial charge is 0.394 e. The molecule has 0 aromatic rings. The zero-order chi connectivity index (χ0) is 27.2. The molecule has 2 atom stereocenters. The predicted octanol–water partition coefficient (Wildman–Crippen LogP) is 8.95. The van der Waals surface area contributed by atoms with E-state index in [1.165, 1.54) is 109 Å². The van der Waals surface area contributed by atoms with Crippen molar-refractivity contribution in [2.24, 2.45) is 0 Å². The molecule has 3 N–H and O–H groups in total. The second-order valence-corrected chi connectivity index (χ2v) is 10.9. The third-order valence-corrected chi connectivity index (χ3v) is 7.19. The highest BCUT2D eigenvalue weighted by Crippen LogP contribution is 2.13. The van der Waals surface area contributed by atoms with Gasteiger partial charge in [0.1, 0.15) is 0 Å². The van der Waals surface area contributed by atoms with E-state index in [2.05, 4.69) is 31.3 Å². The minimum Gasteiger partial charge on any atom is -0.394 e. The van der Waals surface area contributed by atoms with Crippen molar-refractivity contribution in [3.8, 4) is 0 Å². The Morgan fingerprint density at radius 1 is 0.622 bits per heavy atom.